The molecule has 0 aromatic heterocycles. The van der Waals surface area contributed by atoms with Crippen LogP contribution in [0.3, 0.4) is 0 Å². The Kier molecular flexibility index (Phi) is 2.19. The summed E-state index contributed by atoms with van der Waals surface area (Å²) in [5.74, 6) is 0. The minimum atomic E-state index is -0.0289. The lowest BCUT2D eigenvalue weighted by Crippen LogP contribution is -2.49. The van der Waals surface area contributed by atoms with Gasteiger partial charge in [0.25, 0.3) is 0 Å². The zero-order valence-electron chi connectivity index (χ0n) is 5.55. The first kappa shape index (κ1) is 6.71. The van der Waals surface area contributed by atoms with E-state index < -0.39 is 0 Å². The van der Waals surface area contributed by atoms with Crippen LogP contribution in [-0.2, 0) is 4.79 Å². The van der Waals surface area contributed by atoms with Crippen molar-refractivity contribution < 1.29 is 4.79 Å². The molecule has 1 heterocycles. The second-order valence-electron chi connectivity index (χ2n) is 2.32. The van der Waals surface area contributed by atoms with E-state index >= 15 is 0 Å². The van der Waals surface area contributed by atoms with Gasteiger partial charge in [0.15, 0.2) is 0 Å². The van der Waals surface area contributed by atoms with Crippen LogP contribution in [0.4, 0.5) is 0 Å². The maximum Gasteiger partial charge on any atom is 0.218 e. The lowest BCUT2D eigenvalue weighted by Gasteiger charge is -2.28. The number of nitrogens with zero attached hydrogens (tertiary/aromatic N) is 1. The van der Waals surface area contributed by atoms with Crippen molar-refractivity contribution in [2.75, 3.05) is 26.7 Å². The molecule has 0 aliphatic carbocycles. The molecule has 1 aliphatic heterocycles. The van der Waals surface area contributed by atoms with Crippen molar-refractivity contribution in [3.05, 3.63) is 0 Å². The highest BCUT2D eigenvalue weighted by Crippen LogP contribution is 1.94. The third kappa shape index (κ3) is 1.50. The molecule has 3 nitrogen and oxygen atoms in total. The number of likely N-dealkylation sites (N-methyl/N-ethyl adjacent to an activating group) is 1. The molecule has 0 saturated carbocycles. The van der Waals surface area contributed by atoms with Gasteiger partial charge in [0.1, 0.15) is 0 Å². The van der Waals surface area contributed by atoms with Gasteiger partial charge in [-0.15, -0.1) is 0 Å². The topological polar surface area (TPSA) is 32.3 Å². The van der Waals surface area contributed by atoms with Gasteiger partial charge >= 0.3 is 0 Å². The minimum Gasteiger partial charge on any atom is -0.313 e. The molecule has 0 aromatic carbocycles. The summed E-state index contributed by atoms with van der Waals surface area (Å²) in [5, 5.41) is 3.11. The summed E-state index contributed by atoms with van der Waals surface area (Å²) in [4.78, 5) is 12.2. The van der Waals surface area contributed by atoms with Gasteiger partial charge in [-0.25, -0.2) is 0 Å². The van der Waals surface area contributed by atoms with Gasteiger partial charge in [-0.2, -0.15) is 0 Å². The Hall–Kier alpha value is -0.410. The maximum atomic E-state index is 10.2. The van der Waals surface area contributed by atoms with E-state index in [0.717, 1.165) is 19.6 Å². The first-order valence-electron chi connectivity index (χ1n) is 3.13. The van der Waals surface area contributed by atoms with Crippen molar-refractivity contribution in [1.82, 2.24) is 10.2 Å². The van der Waals surface area contributed by atoms with Gasteiger partial charge in [0, 0.05) is 19.6 Å². The molecule has 0 amide bonds. The zero-order chi connectivity index (χ0) is 6.69. The van der Waals surface area contributed by atoms with Gasteiger partial charge in [0.2, 0.25) is 6.29 Å². The Balaban J connectivity index is 2.38. The van der Waals surface area contributed by atoms with Crippen molar-refractivity contribution in [2.45, 2.75) is 6.04 Å². The van der Waals surface area contributed by atoms with E-state index in [4.69, 9.17) is 0 Å². The Morgan fingerprint density at radius 2 is 2.56 bits per heavy atom. The Morgan fingerprint density at radius 3 is 3.00 bits per heavy atom. The first-order chi connectivity index (χ1) is 4.34. The normalized spacial score (nSPS) is 30.1. The van der Waals surface area contributed by atoms with Gasteiger partial charge in [-0.05, 0) is 7.05 Å². The van der Waals surface area contributed by atoms with Crippen molar-refractivity contribution in [3.8, 4) is 0 Å². The van der Waals surface area contributed by atoms with Gasteiger partial charge in [-0.1, -0.05) is 0 Å². The molecule has 0 spiro atoms. The van der Waals surface area contributed by atoms with Crippen molar-refractivity contribution in [1.29, 1.82) is 0 Å². The van der Waals surface area contributed by atoms with Crippen LogP contribution in [0, 0.1) is 0 Å². The second-order valence-corrected chi connectivity index (χ2v) is 2.32. The highest BCUT2D eigenvalue weighted by atomic mass is 16.1. The Morgan fingerprint density at radius 1 is 1.78 bits per heavy atom. The summed E-state index contributed by atoms with van der Waals surface area (Å²) in [6.45, 7) is 2.68. The molecular formula is C6H11N2O. The number of carbonyl (C=O) groups excluding carboxylic acids is 1. The molecule has 1 aliphatic rings. The molecule has 1 fully saturated rings. The van der Waals surface area contributed by atoms with Crippen LogP contribution >= 0.6 is 0 Å². The molecule has 1 saturated heterocycles. The van der Waals surface area contributed by atoms with Crippen molar-refractivity contribution >= 4 is 6.29 Å². The predicted molar refractivity (Wildman–Crippen MR) is 35.0 cm³/mol. The average molecular weight is 127 g/mol. The van der Waals surface area contributed by atoms with E-state index in [2.05, 4.69) is 5.32 Å². The molecule has 1 rings (SSSR count). The lowest BCUT2D eigenvalue weighted by atomic mass is 10.2. The van der Waals surface area contributed by atoms with Crippen LogP contribution in [0.25, 0.3) is 0 Å². The summed E-state index contributed by atoms with van der Waals surface area (Å²) in [7, 11) is 1.94. The molecule has 51 valence electrons. The van der Waals surface area contributed by atoms with E-state index in [0.29, 0.717) is 0 Å². The summed E-state index contributed by atoms with van der Waals surface area (Å²) in [6, 6.07) is -0.0289. The Bertz CT molecular complexity index is 105. The number of rotatable bonds is 1. The monoisotopic (exact) mass is 127 g/mol. The van der Waals surface area contributed by atoms with E-state index in [1.807, 2.05) is 18.2 Å². The summed E-state index contributed by atoms with van der Waals surface area (Å²) < 4.78 is 0. The first-order valence-corrected chi connectivity index (χ1v) is 3.13. The smallest absolute Gasteiger partial charge is 0.218 e. The number of hydrogen-bond donors (Lipinski definition) is 1. The molecular weight excluding hydrogens is 116 g/mol. The standard InChI is InChI=1S/C6H11N2O/c1-8-3-2-7-4-6(8)5-9/h6-7H,2-4H2,1H3. The van der Waals surface area contributed by atoms with E-state index in [1.54, 1.807) is 0 Å². The highest BCUT2D eigenvalue weighted by molar-refractivity contribution is 5.59. The zero-order valence-corrected chi connectivity index (χ0v) is 5.55. The predicted octanol–water partition coefficient (Wildman–Crippen LogP) is -1.00. The number of piperazine rings is 1. The highest BCUT2D eigenvalue weighted by Gasteiger charge is 2.17. The average Bonchev–Trinajstić information content (AvgIpc) is 1.89. The molecule has 9 heavy (non-hydrogen) atoms. The molecule has 1 N–H and O–H groups in total. The van der Waals surface area contributed by atoms with Crippen molar-refractivity contribution in [2.24, 2.45) is 0 Å². The fraction of sp³-hybridized carbons (Fsp3) is 0.833. The van der Waals surface area contributed by atoms with Gasteiger partial charge in [-0.3, -0.25) is 9.69 Å². The van der Waals surface area contributed by atoms with E-state index in [1.165, 1.54) is 0 Å². The minimum absolute atomic E-state index is 0.0289. The molecule has 1 atom stereocenters. The lowest BCUT2D eigenvalue weighted by molar-refractivity contribution is 0.245. The second kappa shape index (κ2) is 2.94. The van der Waals surface area contributed by atoms with Crippen LogP contribution in [-0.4, -0.2) is 43.9 Å². The van der Waals surface area contributed by atoms with E-state index in [-0.39, 0.29) is 6.04 Å². The molecule has 0 aromatic rings. The third-order valence-corrected chi connectivity index (χ3v) is 1.65. The Labute approximate surface area is 55.0 Å². The number of hydrogen-bond acceptors (Lipinski definition) is 3. The largest absolute Gasteiger partial charge is 0.313 e. The van der Waals surface area contributed by atoms with Crippen LogP contribution in [0.2, 0.25) is 0 Å². The maximum absolute atomic E-state index is 10.2. The fourth-order valence-electron chi connectivity index (χ4n) is 0.938. The summed E-state index contributed by atoms with van der Waals surface area (Å²) in [6.07, 6.45) is 1.97. The van der Waals surface area contributed by atoms with Crippen molar-refractivity contribution in [3.63, 3.8) is 0 Å². The van der Waals surface area contributed by atoms with Crippen LogP contribution in [0.5, 0.6) is 0 Å². The third-order valence-electron chi connectivity index (χ3n) is 1.65. The quantitative estimate of drug-likeness (QED) is 0.490. The van der Waals surface area contributed by atoms with E-state index in [9.17, 15) is 4.79 Å². The van der Waals surface area contributed by atoms with Crippen LogP contribution in [0.15, 0.2) is 0 Å². The molecule has 3 heteroatoms. The summed E-state index contributed by atoms with van der Waals surface area (Å²) in [5.41, 5.74) is 0. The van der Waals surface area contributed by atoms with Crippen LogP contribution in [0.1, 0.15) is 0 Å². The SMILES string of the molecule is CN1CCNCC1[C]=O. The fourth-order valence-corrected chi connectivity index (χ4v) is 0.938. The molecule has 0 bridgehead atoms. The van der Waals surface area contributed by atoms with Gasteiger partial charge < -0.3 is 5.32 Å². The molecule has 1 radical (unpaired) electrons. The summed E-state index contributed by atoms with van der Waals surface area (Å²) >= 11 is 0. The number of nitrogens with one attached hydrogen (secondary N) is 1. The molecule has 1 unspecified atom stereocenters. The van der Waals surface area contributed by atoms with Crippen LogP contribution < -0.4 is 5.32 Å². The van der Waals surface area contributed by atoms with Gasteiger partial charge in [0.05, 0.1) is 6.04 Å².